The Balaban J connectivity index is 2.27. The van der Waals surface area contributed by atoms with Gasteiger partial charge in [0, 0.05) is 10.6 Å². The number of nitrogens with one attached hydrogen (secondary N) is 1. The molecule has 1 aromatic carbocycles. The lowest BCUT2D eigenvalue weighted by molar-refractivity contribution is 0.156. The summed E-state index contributed by atoms with van der Waals surface area (Å²) in [5.74, 6) is 0. The van der Waals surface area contributed by atoms with Crippen molar-refractivity contribution in [1.29, 1.82) is 0 Å². The highest BCUT2D eigenvalue weighted by molar-refractivity contribution is 6.32. The molecule has 1 aliphatic rings. The van der Waals surface area contributed by atoms with E-state index in [0.717, 1.165) is 19.3 Å². The fourth-order valence-electron chi connectivity index (χ4n) is 2.78. The van der Waals surface area contributed by atoms with E-state index in [1.807, 2.05) is 6.92 Å². The van der Waals surface area contributed by atoms with Gasteiger partial charge in [-0.2, -0.15) is 0 Å². The van der Waals surface area contributed by atoms with E-state index in [9.17, 15) is 9.59 Å². The van der Waals surface area contributed by atoms with E-state index in [4.69, 9.17) is 23.2 Å². The quantitative estimate of drug-likeness (QED) is 0.860. The number of hydrogen-bond acceptors (Lipinski definition) is 2. The van der Waals surface area contributed by atoms with Gasteiger partial charge >= 0.3 is 5.69 Å². The topological polar surface area (TPSA) is 54.9 Å². The number of hydrogen-bond donors (Lipinski definition) is 1. The van der Waals surface area contributed by atoms with Crippen molar-refractivity contribution >= 4 is 23.2 Å². The Bertz CT molecular complexity index is 802. The maximum Gasteiger partial charge on any atom is 0.330 e. The molecular formula is C15H14Cl2N2O2. The van der Waals surface area contributed by atoms with Gasteiger partial charge in [-0.3, -0.25) is 14.3 Å². The zero-order valence-corrected chi connectivity index (χ0v) is 13.0. The Morgan fingerprint density at radius 2 is 1.76 bits per heavy atom. The third kappa shape index (κ3) is 2.32. The number of nitrogens with zero attached hydrogens (tertiary/aromatic N) is 1. The van der Waals surface area contributed by atoms with Crippen molar-refractivity contribution in [2.45, 2.75) is 31.7 Å². The number of benzene rings is 1. The Morgan fingerprint density at radius 1 is 1.14 bits per heavy atom. The second kappa shape index (κ2) is 5.04. The lowest BCUT2D eigenvalue weighted by atomic mass is 9.78. The largest absolute Gasteiger partial charge is 0.330 e. The minimum atomic E-state index is -0.454. The molecule has 1 N–H and O–H groups in total. The summed E-state index contributed by atoms with van der Waals surface area (Å²) in [5, 5.41) is 0.636. The monoisotopic (exact) mass is 324 g/mol. The number of halogens is 2. The maximum atomic E-state index is 12.8. The number of rotatable bonds is 2. The summed E-state index contributed by atoms with van der Waals surface area (Å²) in [6.07, 6.45) is 2.65. The highest BCUT2D eigenvalue weighted by Gasteiger charge is 2.37. The van der Waals surface area contributed by atoms with Crippen LogP contribution in [0.3, 0.4) is 0 Å². The van der Waals surface area contributed by atoms with Crippen molar-refractivity contribution < 1.29 is 0 Å². The zero-order chi connectivity index (χ0) is 15.2. The van der Waals surface area contributed by atoms with Gasteiger partial charge in [0.2, 0.25) is 0 Å². The van der Waals surface area contributed by atoms with Crippen LogP contribution in [0.2, 0.25) is 10.2 Å². The van der Waals surface area contributed by atoms with Gasteiger partial charge in [-0.25, -0.2) is 4.79 Å². The summed E-state index contributed by atoms with van der Waals surface area (Å²) < 4.78 is 1.30. The van der Waals surface area contributed by atoms with Gasteiger partial charge in [0.15, 0.2) is 0 Å². The molecule has 3 rings (SSSR count). The third-order valence-corrected chi connectivity index (χ3v) is 4.70. The summed E-state index contributed by atoms with van der Waals surface area (Å²) in [6.45, 7) is 1.92. The fraction of sp³-hybridized carbons (Fsp3) is 0.333. The minimum absolute atomic E-state index is 0.0616. The Kier molecular flexibility index (Phi) is 3.46. The van der Waals surface area contributed by atoms with Gasteiger partial charge in [0.05, 0.1) is 5.56 Å². The molecular weight excluding hydrogens is 311 g/mol. The van der Waals surface area contributed by atoms with E-state index in [0.29, 0.717) is 16.1 Å². The lowest BCUT2D eigenvalue weighted by Crippen LogP contribution is -2.51. The Hall–Kier alpha value is -1.52. The zero-order valence-electron chi connectivity index (χ0n) is 11.5. The smallest absolute Gasteiger partial charge is 0.297 e. The van der Waals surface area contributed by atoms with Gasteiger partial charge in [-0.15, -0.1) is 0 Å². The molecule has 0 bridgehead atoms. The average molecular weight is 325 g/mol. The van der Waals surface area contributed by atoms with Crippen LogP contribution < -0.4 is 11.2 Å². The third-order valence-electron chi connectivity index (χ3n) is 4.16. The van der Waals surface area contributed by atoms with E-state index in [1.165, 1.54) is 4.57 Å². The van der Waals surface area contributed by atoms with Crippen LogP contribution in [0.5, 0.6) is 0 Å². The summed E-state index contributed by atoms with van der Waals surface area (Å²) >= 11 is 12.0. The van der Waals surface area contributed by atoms with E-state index in [1.54, 1.807) is 24.3 Å². The SMILES string of the molecule is CC1(n2c(=O)[nH]c(Cl)c(-c3ccc(Cl)cc3)c2=O)CCC1. The van der Waals surface area contributed by atoms with Gasteiger partial charge in [-0.1, -0.05) is 35.3 Å². The standard InChI is InChI=1S/C15H14Cl2N2O2/c1-15(7-2-8-15)19-13(20)11(12(17)18-14(19)21)9-3-5-10(16)6-4-9/h3-6H,2,7-8H2,1H3,(H,18,21). The molecule has 1 aromatic heterocycles. The molecule has 6 heteroatoms. The van der Waals surface area contributed by atoms with Crippen molar-refractivity contribution in [3.05, 3.63) is 55.3 Å². The van der Waals surface area contributed by atoms with Gasteiger partial charge < -0.3 is 0 Å². The normalized spacial score (nSPS) is 16.5. The van der Waals surface area contributed by atoms with Crippen molar-refractivity contribution in [3.63, 3.8) is 0 Å². The van der Waals surface area contributed by atoms with Gasteiger partial charge in [0.25, 0.3) is 5.56 Å². The molecule has 1 fully saturated rings. The van der Waals surface area contributed by atoms with Crippen LogP contribution in [0.4, 0.5) is 0 Å². The summed E-state index contributed by atoms with van der Waals surface area (Å²) in [4.78, 5) is 27.5. The van der Waals surface area contributed by atoms with E-state index >= 15 is 0 Å². The molecule has 2 aromatic rings. The van der Waals surface area contributed by atoms with Crippen LogP contribution in [-0.2, 0) is 5.54 Å². The minimum Gasteiger partial charge on any atom is -0.297 e. The molecule has 4 nitrogen and oxygen atoms in total. The van der Waals surface area contributed by atoms with Crippen LogP contribution in [0.15, 0.2) is 33.9 Å². The molecule has 110 valence electrons. The molecule has 0 spiro atoms. The number of aromatic nitrogens is 2. The van der Waals surface area contributed by atoms with Crippen LogP contribution in [0, 0.1) is 0 Å². The molecule has 0 saturated heterocycles. The fourth-order valence-corrected chi connectivity index (χ4v) is 3.18. The second-order valence-electron chi connectivity index (χ2n) is 5.62. The van der Waals surface area contributed by atoms with E-state index < -0.39 is 11.2 Å². The Labute approximate surface area is 131 Å². The van der Waals surface area contributed by atoms with Crippen molar-refractivity contribution in [2.75, 3.05) is 0 Å². The predicted octanol–water partition coefficient (Wildman–Crippen LogP) is 3.41. The molecule has 21 heavy (non-hydrogen) atoms. The number of H-pyrrole nitrogens is 1. The highest BCUT2D eigenvalue weighted by atomic mass is 35.5. The first-order valence-electron chi connectivity index (χ1n) is 6.74. The van der Waals surface area contributed by atoms with Crippen molar-refractivity contribution in [1.82, 2.24) is 9.55 Å². The number of aromatic amines is 1. The maximum absolute atomic E-state index is 12.8. The van der Waals surface area contributed by atoms with Crippen molar-refractivity contribution in [3.8, 4) is 11.1 Å². The summed E-state index contributed by atoms with van der Waals surface area (Å²) in [5.41, 5.74) is -0.280. The summed E-state index contributed by atoms with van der Waals surface area (Å²) in [7, 11) is 0. The summed E-state index contributed by atoms with van der Waals surface area (Å²) in [6, 6.07) is 6.81. The highest BCUT2D eigenvalue weighted by Crippen LogP contribution is 2.37. The van der Waals surface area contributed by atoms with Crippen molar-refractivity contribution in [2.24, 2.45) is 0 Å². The lowest BCUT2D eigenvalue weighted by Gasteiger charge is -2.39. The first kappa shape index (κ1) is 14.4. The van der Waals surface area contributed by atoms with E-state index in [2.05, 4.69) is 4.98 Å². The molecule has 0 amide bonds. The molecule has 1 heterocycles. The Morgan fingerprint density at radius 3 is 2.29 bits per heavy atom. The molecule has 0 radical (unpaired) electrons. The first-order valence-corrected chi connectivity index (χ1v) is 7.49. The average Bonchev–Trinajstić information content (AvgIpc) is 2.38. The van der Waals surface area contributed by atoms with Gasteiger partial charge in [0.1, 0.15) is 5.15 Å². The molecule has 0 unspecified atom stereocenters. The van der Waals surface area contributed by atoms with Crippen LogP contribution in [0.1, 0.15) is 26.2 Å². The van der Waals surface area contributed by atoms with Crippen LogP contribution >= 0.6 is 23.2 Å². The molecule has 0 aliphatic heterocycles. The molecule has 1 aliphatic carbocycles. The second-order valence-corrected chi connectivity index (χ2v) is 6.43. The van der Waals surface area contributed by atoms with E-state index in [-0.39, 0.29) is 10.7 Å². The first-order chi connectivity index (χ1) is 9.92. The van der Waals surface area contributed by atoms with Crippen LogP contribution in [-0.4, -0.2) is 9.55 Å². The molecule has 0 atom stereocenters. The van der Waals surface area contributed by atoms with Gasteiger partial charge in [-0.05, 0) is 43.9 Å². The van der Waals surface area contributed by atoms with Crippen LogP contribution in [0.25, 0.3) is 11.1 Å². The molecule has 1 saturated carbocycles. The predicted molar refractivity (Wildman–Crippen MR) is 84.3 cm³/mol.